The Morgan fingerprint density at radius 2 is 1.88 bits per heavy atom. The molecular formula is C24H24N4O4. The van der Waals surface area contributed by atoms with Crippen LogP contribution >= 0.6 is 0 Å². The van der Waals surface area contributed by atoms with Gasteiger partial charge in [-0.15, -0.1) is 0 Å². The SMILES string of the molecule is Cc1noc(C)c1-c1ccc2nc(CCCC(=O)O)c(=O)n([C@@H](C)c3ccccc3)c2n1. The Kier molecular flexibility index (Phi) is 5.85. The van der Waals surface area contributed by atoms with E-state index in [4.69, 9.17) is 14.6 Å². The predicted octanol–water partition coefficient (Wildman–Crippen LogP) is 4.08. The van der Waals surface area contributed by atoms with E-state index >= 15 is 0 Å². The zero-order valence-electron chi connectivity index (χ0n) is 18.2. The van der Waals surface area contributed by atoms with Crippen molar-refractivity contribution in [3.05, 3.63) is 75.5 Å². The summed E-state index contributed by atoms with van der Waals surface area (Å²) in [4.78, 5) is 33.8. The van der Waals surface area contributed by atoms with E-state index < -0.39 is 5.97 Å². The average molecular weight is 432 g/mol. The number of fused-ring (bicyclic) bond motifs is 1. The minimum atomic E-state index is -0.894. The molecule has 164 valence electrons. The molecule has 0 radical (unpaired) electrons. The molecule has 0 aliphatic rings. The number of aromatic nitrogens is 4. The third kappa shape index (κ3) is 4.03. The van der Waals surface area contributed by atoms with E-state index in [2.05, 4.69) is 10.1 Å². The van der Waals surface area contributed by atoms with Gasteiger partial charge in [-0.25, -0.2) is 9.97 Å². The molecule has 0 aliphatic carbocycles. The van der Waals surface area contributed by atoms with E-state index in [-0.39, 0.29) is 24.4 Å². The number of hydrogen-bond acceptors (Lipinski definition) is 6. The molecule has 8 nitrogen and oxygen atoms in total. The Balaban J connectivity index is 1.92. The quantitative estimate of drug-likeness (QED) is 0.468. The minimum absolute atomic E-state index is 0.0172. The third-order valence-electron chi connectivity index (χ3n) is 5.57. The summed E-state index contributed by atoms with van der Waals surface area (Å²) < 4.78 is 6.94. The van der Waals surface area contributed by atoms with Crippen LogP contribution in [0.5, 0.6) is 0 Å². The lowest BCUT2D eigenvalue weighted by Crippen LogP contribution is -2.29. The number of benzene rings is 1. The molecule has 0 saturated carbocycles. The third-order valence-corrected chi connectivity index (χ3v) is 5.57. The monoisotopic (exact) mass is 432 g/mol. The van der Waals surface area contributed by atoms with Crippen molar-refractivity contribution in [3.63, 3.8) is 0 Å². The molecule has 0 amide bonds. The second kappa shape index (κ2) is 8.74. The summed E-state index contributed by atoms with van der Waals surface area (Å²) in [6.45, 7) is 5.62. The topological polar surface area (TPSA) is 111 Å². The van der Waals surface area contributed by atoms with E-state index in [1.165, 1.54) is 0 Å². The van der Waals surface area contributed by atoms with Crippen molar-refractivity contribution >= 4 is 17.1 Å². The van der Waals surface area contributed by atoms with E-state index in [1.807, 2.05) is 63.2 Å². The van der Waals surface area contributed by atoms with Gasteiger partial charge in [-0.2, -0.15) is 0 Å². The van der Waals surface area contributed by atoms with Crippen molar-refractivity contribution < 1.29 is 14.4 Å². The van der Waals surface area contributed by atoms with E-state index in [1.54, 1.807) is 4.57 Å². The maximum absolute atomic E-state index is 13.5. The van der Waals surface area contributed by atoms with Crippen LogP contribution < -0.4 is 5.56 Å². The summed E-state index contributed by atoms with van der Waals surface area (Å²) in [5, 5.41) is 13.0. The first-order valence-electron chi connectivity index (χ1n) is 10.5. The molecule has 0 bridgehead atoms. The van der Waals surface area contributed by atoms with Crippen LogP contribution in [0.2, 0.25) is 0 Å². The predicted molar refractivity (Wildman–Crippen MR) is 120 cm³/mol. The first kappa shape index (κ1) is 21.4. The highest BCUT2D eigenvalue weighted by molar-refractivity contribution is 5.76. The molecule has 0 saturated heterocycles. The van der Waals surface area contributed by atoms with Gasteiger partial charge in [0.1, 0.15) is 17.0 Å². The Labute approximate surface area is 184 Å². The number of aryl methyl sites for hydroxylation is 3. The standard InChI is InChI=1S/C24H24N4O4/c1-14-22(16(3)32-27-14)18-12-13-19-23(26-18)28(15(2)17-8-5-4-6-9-17)24(31)20(25-19)10-7-11-21(29)30/h4-6,8-9,12-13,15H,7,10-11H2,1-3H3,(H,29,30)/t15-/m0/s1. The second-order valence-corrected chi connectivity index (χ2v) is 7.81. The van der Waals surface area contributed by atoms with Crippen LogP contribution in [0.25, 0.3) is 22.4 Å². The number of aliphatic carboxylic acids is 1. The lowest BCUT2D eigenvalue weighted by molar-refractivity contribution is -0.137. The van der Waals surface area contributed by atoms with E-state index in [0.717, 1.165) is 16.8 Å². The molecule has 4 rings (SSSR count). The molecule has 32 heavy (non-hydrogen) atoms. The fourth-order valence-electron chi connectivity index (χ4n) is 3.93. The fraction of sp³-hybridized carbons (Fsp3) is 0.292. The van der Waals surface area contributed by atoms with Crippen LogP contribution in [0, 0.1) is 13.8 Å². The Bertz CT molecular complexity index is 1320. The van der Waals surface area contributed by atoms with Gasteiger partial charge in [0.25, 0.3) is 5.56 Å². The van der Waals surface area contributed by atoms with Gasteiger partial charge in [-0.1, -0.05) is 35.5 Å². The first-order chi connectivity index (χ1) is 15.4. The van der Waals surface area contributed by atoms with Crippen molar-refractivity contribution in [2.45, 2.75) is 46.1 Å². The minimum Gasteiger partial charge on any atom is -0.481 e. The molecule has 0 fully saturated rings. The molecule has 1 N–H and O–H groups in total. The zero-order chi connectivity index (χ0) is 22.8. The lowest BCUT2D eigenvalue weighted by atomic mass is 10.1. The highest BCUT2D eigenvalue weighted by Crippen LogP contribution is 2.28. The summed E-state index contributed by atoms with van der Waals surface area (Å²) in [5.41, 5.74) is 4.25. The highest BCUT2D eigenvalue weighted by Gasteiger charge is 2.20. The van der Waals surface area contributed by atoms with Crippen LogP contribution in [0.4, 0.5) is 0 Å². The lowest BCUT2D eigenvalue weighted by Gasteiger charge is -2.19. The van der Waals surface area contributed by atoms with Gasteiger partial charge in [-0.3, -0.25) is 14.2 Å². The van der Waals surface area contributed by atoms with Crippen LogP contribution in [0.3, 0.4) is 0 Å². The van der Waals surface area contributed by atoms with E-state index in [0.29, 0.717) is 34.7 Å². The molecule has 4 aromatic rings. The van der Waals surface area contributed by atoms with Gasteiger partial charge < -0.3 is 9.63 Å². The highest BCUT2D eigenvalue weighted by atomic mass is 16.5. The molecule has 1 aromatic carbocycles. The molecule has 8 heteroatoms. The summed E-state index contributed by atoms with van der Waals surface area (Å²) in [5.74, 6) is -0.243. The average Bonchev–Trinajstić information content (AvgIpc) is 3.12. The van der Waals surface area contributed by atoms with Crippen molar-refractivity contribution in [1.82, 2.24) is 19.7 Å². The van der Waals surface area contributed by atoms with Crippen molar-refractivity contribution in [1.29, 1.82) is 0 Å². The molecule has 1 atom stereocenters. The van der Waals surface area contributed by atoms with Gasteiger partial charge in [0.15, 0.2) is 5.65 Å². The Morgan fingerprint density at radius 3 is 2.53 bits per heavy atom. The maximum atomic E-state index is 13.5. The normalized spacial score (nSPS) is 12.2. The molecule has 3 aromatic heterocycles. The van der Waals surface area contributed by atoms with Crippen molar-refractivity contribution in [3.8, 4) is 11.3 Å². The van der Waals surface area contributed by atoms with Crippen LogP contribution in [0.15, 0.2) is 51.8 Å². The molecule has 0 aliphatic heterocycles. The second-order valence-electron chi connectivity index (χ2n) is 7.81. The number of pyridine rings is 1. The number of hydrogen-bond donors (Lipinski definition) is 1. The summed E-state index contributed by atoms with van der Waals surface area (Å²) in [6.07, 6.45) is 0.609. The fourth-order valence-corrected chi connectivity index (χ4v) is 3.93. The van der Waals surface area contributed by atoms with Gasteiger partial charge in [0.05, 0.1) is 23.0 Å². The van der Waals surface area contributed by atoms with Crippen LogP contribution in [-0.2, 0) is 11.2 Å². The van der Waals surface area contributed by atoms with Gasteiger partial charge >= 0.3 is 5.97 Å². The molecule has 0 unspecified atom stereocenters. The summed E-state index contributed by atoms with van der Waals surface area (Å²) in [6, 6.07) is 13.1. The molecular weight excluding hydrogens is 408 g/mol. The number of rotatable bonds is 7. The summed E-state index contributed by atoms with van der Waals surface area (Å²) in [7, 11) is 0. The van der Waals surface area contributed by atoms with Gasteiger partial charge in [0.2, 0.25) is 0 Å². The van der Waals surface area contributed by atoms with Gasteiger partial charge in [0, 0.05) is 6.42 Å². The first-order valence-corrected chi connectivity index (χ1v) is 10.5. The largest absolute Gasteiger partial charge is 0.481 e. The maximum Gasteiger partial charge on any atom is 0.303 e. The summed E-state index contributed by atoms with van der Waals surface area (Å²) >= 11 is 0. The number of nitrogens with zero attached hydrogens (tertiary/aromatic N) is 4. The van der Waals surface area contributed by atoms with E-state index in [9.17, 15) is 9.59 Å². The Morgan fingerprint density at radius 1 is 1.12 bits per heavy atom. The number of carboxylic acids is 1. The Hall–Kier alpha value is -3.81. The van der Waals surface area contributed by atoms with Crippen molar-refractivity contribution in [2.75, 3.05) is 0 Å². The number of carboxylic acid groups (broad SMARTS) is 1. The smallest absolute Gasteiger partial charge is 0.303 e. The number of carbonyl (C=O) groups is 1. The molecule has 0 spiro atoms. The van der Waals surface area contributed by atoms with Crippen molar-refractivity contribution in [2.24, 2.45) is 0 Å². The van der Waals surface area contributed by atoms with Gasteiger partial charge in [-0.05, 0) is 51.3 Å². The zero-order valence-corrected chi connectivity index (χ0v) is 18.2. The molecule has 3 heterocycles. The van der Waals surface area contributed by atoms with Crippen LogP contribution in [-0.4, -0.2) is 30.8 Å². The van der Waals surface area contributed by atoms with Crippen LogP contribution in [0.1, 0.15) is 48.5 Å².